The number of hydrogen-bond acceptors (Lipinski definition) is 7. The van der Waals surface area contributed by atoms with Gasteiger partial charge in [0.25, 0.3) is 22.3 Å². The summed E-state index contributed by atoms with van der Waals surface area (Å²) in [5, 5.41) is 5.86. The monoisotopic (exact) mass is 393 g/mol. The largest absolute Gasteiger partial charge is 0.394 e. The van der Waals surface area contributed by atoms with Crippen molar-refractivity contribution in [1.29, 1.82) is 0 Å². The number of H-pyrrole nitrogens is 1. The Morgan fingerprint density at radius 1 is 1.21 bits per heavy atom. The molecule has 0 fully saturated rings. The Labute approximate surface area is 164 Å². The molecule has 5 N–H and O–H groups in total. The van der Waals surface area contributed by atoms with E-state index < -0.39 is 22.3 Å². The molecule has 1 atom stereocenters. The zero-order chi connectivity index (χ0) is 20.5. The highest BCUT2D eigenvalue weighted by Crippen LogP contribution is 2.33. The number of nitrogens with zero attached hydrogens (tertiary/aromatic N) is 1. The van der Waals surface area contributed by atoms with Crippen LogP contribution in [0.4, 0.5) is 11.4 Å². The number of aromatic nitrogens is 2. The third-order valence-electron chi connectivity index (χ3n) is 5.15. The fourth-order valence-electron chi connectivity index (χ4n) is 3.60. The molecule has 4 rings (SSSR count). The van der Waals surface area contributed by atoms with Crippen molar-refractivity contribution in [3.8, 4) is 0 Å². The van der Waals surface area contributed by atoms with Crippen LogP contribution in [0.2, 0.25) is 0 Å². The van der Waals surface area contributed by atoms with Gasteiger partial charge in [0.2, 0.25) is 0 Å². The van der Waals surface area contributed by atoms with Crippen LogP contribution in [-0.2, 0) is 13.0 Å². The normalized spacial score (nSPS) is 15.7. The lowest BCUT2D eigenvalue weighted by atomic mass is 9.86. The number of aromatic amines is 1. The number of carbonyl (C=O) groups is 1. The van der Waals surface area contributed by atoms with E-state index >= 15 is 0 Å². The molecular weight excluding hydrogens is 374 g/mol. The summed E-state index contributed by atoms with van der Waals surface area (Å²) < 4.78 is 0. The SMILES string of the molecule is Nc1c(NC2CCCc3ccc(CNC(=O)c4cc(=O)[nH]cn4)cc32)c(=O)c1=O. The molecule has 1 aromatic heterocycles. The maximum atomic E-state index is 12.2. The summed E-state index contributed by atoms with van der Waals surface area (Å²) in [6.45, 7) is 0.259. The van der Waals surface area contributed by atoms with Crippen LogP contribution in [0.3, 0.4) is 0 Å². The molecule has 0 radical (unpaired) electrons. The van der Waals surface area contributed by atoms with Crippen LogP contribution in [0.1, 0.15) is 46.1 Å². The molecule has 1 amide bonds. The van der Waals surface area contributed by atoms with Gasteiger partial charge in [0.1, 0.15) is 17.1 Å². The first-order valence-corrected chi connectivity index (χ1v) is 9.24. The van der Waals surface area contributed by atoms with Crippen molar-refractivity contribution in [1.82, 2.24) is 15.3 Å². The average molecular weight is 393 g/mol. The van der Waals surface area contributed by atoms with Gasteiger partial charge < -0.3 is 21.4 Å². The highest BCUT2D eigenvalue weighted by molar-refractivity contribution is 5.92. The second kappa shape index (κ2) is 7.34. The van der Waals surface area contributed by atoms with Crippen molar-refractivity contribution >= 4 is 17.3 Å². The number of anilines is 2. The van der Waals surface area contributed by atoms with Gasteiger partial charge in [-0.1, -0.05) is 18.2 Å². The number of aryl methyl sites for hydroxylation is 1. The number of amides is 1. The van der Waals surface area contributed by atoms with Crippen molar-refractivity contribution in [2.75, 3.05) is 11.1 Å². The third-order valence-corrected chi connectivity index (χ3v) is 5.15. The minimum atomic E-state index is -0.645. The van der Waals surface area contributed by atoms with Crippen LogP contribution in [-0.4, -0.2) is 15.9 Å². The van der Waals surface area contributed by atoms with E-state index in [-0.39, 0.29) is 29.7 Å². The summed E-state index contributed by atoms with van der Waals surface area (Å²) in [7, 11) is 0. The van der Waals surface area contributed by atoms with Crippen LogP contribution >= 0.6 is 0 Å². The second-order valence-electron chi connectivity index (χ2n) is 7.05. The van der Waals surface area contributed by atoms with Crippen LogP contribution in [0.25, 0.3) is 0 Å². The molecule has 1 unspecified atom stereocenters. The van der Waals surface area contributed by atoms with Gasteiger partial charge in [-0.05, 0) is 36.0 Å². The molecule has 148 valence electrons. The Bertz CT molecular complexity index is 1220. The quantitative estimate of drug-likeness (QED) is 0.458. The molecule has 1 heterocycles. The number of benzene rings is 1. The molecule has 0 saturated heterocycles. The number of rotatable bonds is 5. The van der Waals surface area contributed by atoms with Gasteiger partial charge in [0.05, 0.1) is 12.4 Å². The summed E-state index contributed by atoms with van der Waals surface area (Å²) in [6, 6.07) is 6.91. The van der Waals surface area contributed by atoms with Crippen molar-refractivity contribution in [2.24, 2.45) is 0 Å². The van der Waals surface area contributed by atoms with Gasteiger partial charge in [-0.2, -0.15) is 0 Å². The average Bonchev–Trinajstić information content (AvgIpc) is 2.75. The van der Waals surface area contributed by atoms with Gasteiger partial charge in [-0.25, -0.2) is 4.98 Å². The van der Waals surface area contributed by atoms with Crippen molar-refractivity contribution in [3.63, 3.8) is 0 Å². The first-order chi connectivity index (χ1) is 13.9. The number of hydrogen-bond donors (Lipinski definition) is 4. The lowest BCUT2D eigenvalue weighted by Crippen LogP contribution is -2.38. The zero-order valence-corrected chi connectivity index (χ0v) is 15.5. The van der Waals surface area contributed by atoms with Crippen LogP contribution in [0, 0.1) is 0 Å². The first kappa shape index (κ1) is 18.6. The number of carbonyl (C=O) groups excluding carboxylic acids is 1. The topological polar surface area (TPSA) is 147 Å². The zero-order valence-electron chi connectivity index (χ0n) is 15.5. The minimum Gasteiger partial charge on any atom is -0.394 e. The van der Waals surface area contributed by atoms with Gasteiger partial charge in [-0.3, -0.25) is 19.2 Å². The van der Waals surface area contributed by atoms with Crippen LogP contribution in [0.5, 0.6) is 0 Å². The smallest absolute Gasteiger partial charge is 0.270 e. The molecule has 29 heavy (non-hydrogen) atoms. The van der Waals surface area contributed by atoms with Gasteiger partial charge in [-0.15, -0.1) is 0 Å². The highest BCUT2D eigenvalue weighted by Gasteiger charge is 2.25. The summed E-state index contributed by atoms with van der Waals surface area (Å²) >= 11 is 0. The van der Waals surface area contributed by atoms with E-state index in [1.54, 1.807) is 0 Å². The summed E-state index contributed by atoms with van der Waals surface area (Å²) in [6.07, 6.45) is 3.85. The Morgan fingerprint density at radius 3 is 2.79 bits per heavy atom. The van der Waals surface area contributed by atoms with Crippen LogP contribution in [0.15, 0.2) is 45.0 Å². The molecule has 0 spiro atoms. The lowest BCUT2D eigenvalue weighted by molar-refractivity contribution is 0.0945. The molecule has 0 bridgehead atoms. The van der Waals surface area contributed by atoms with Crippen molar-refractivity contribution in [3.05, 3.63) is 83.8 Å². The Morgan fingerprint density at radius 2 is 2.03 bits per heavy atom. The minimum absolute atomic E-state index is 0.0177. The maximum absolute atomic E-state index is 12.2. The maximum Gasteiger partial charge on any atom is 0.270 e. The Kier molecular flexibility index (Phi) is 4.71. The number of fused-ring (bicyclic) bond motifs is 1. The highest BCUT2D eigenvalue weighted by atomic mass is 16.2. The third kappa shape index (κ3) is 3.54. The summed E-state index contributed by atoms with van der Waals surface area (Å²) in [5.41, 5.74) is 7.27. The van der Waals surface area contributed by atoms with E-state index in [2.05, 4.69) is 20.6 Å². The molecular formula is C20H19N5O4. The lowest BCUT2D eigenvalue weighted by Gasteiger charge is -2.28. The number of nitrogens with two attached hydrogens (primary N) is 1. The van der Waals surface area contributed by atoms with E-state index in [0.717, 1.165) is 42.0 Å². The number of nitrogens with one attached hydrogen (secondary N) is 3. The summed E-state index contributed by atoms with van der Waals surface area (Å²) in [4.78, 5) is 52.8. The molecule has 2 aromatic carbocycles. The van der Waals surface area contributed by atoms with E-state index in [1.165, 1.54) is 6.33 Å². The Balaban J connectivity index is 1.51. The number of nitrogen functional groups attached to an aromatic ring is 1. The molecule has 0 saturated carbocycles. The van der Waals surface area contributed by atoms with E-state index in [0.29, 0.717) is 0 Å². The molecule has 9 nitrogen and oxygen atoms in total. The first-order valence-electron chi connectivity index (χ1n) is 9.24. The molecule has 0 aliphatic heterocycles. The van der Waals surface area contributed by atoms with Crippen molar-refractivity contribution < 1.29 is 4.79 Å². The molecule has 1 aliphatic rings. The van der Waals surface area contributed by atoms with Crippen LogP contribution < -0.4 is 32.8 Å². The van der Waals surface area contributed by atoms with E-state index in [4.69, 9.17) is 5.73 Å². The van der Waals surface area contributed by atoms with Gasteiger partial charge >= 0.3 is 0 Å². The summed E-state index contributed by atoms with van der Waals surface area (Å²) in [5.74, 6) is -0.444. The fourth-order valence-corrected chi connectivity index (χ4v) is 3.60. The fraction of sp³-hybridized carbons (Fsp3) is 0.250. The van der Waals surface area contributed by atoms with Gasteiger partial charge in [0, 0.05) is 12.6 Å². The van der Waals surface area contributed by atoms with E-state index in [1.807, 2.05) is 18.2 Å². The Hall–Kier alpha value is -3.75. The van der Waals surface area contributed by atoms with Crippen molar-refractivity contribution in [2.45, 2.75) is 31.8 Å². The molecule has 9 heteroatoms. The van der Waals surface area contributed by atoms with E-state index in [9.17, 15) is 19.2 Å². The standard InChI is InChI=1S/C20H19N5O4/c21-16-17(19(28)18(16)27)25-13-3-1-2-11-5-4-10(6-12(11)13)8-22-20(29)14-7-15(26)24-9-23-14/h4-7,9,13,25H,1-3,8,21H2,(H,22,29)(H,23,24,26). The molecule has 1 aliphatic carbocycles. The predicted octanol–water partition coefficient (Wildman–Crippen LogP) is 0.368. The second-order valence-corrected chi connectivity index (χ2v) is 7.05. The predicted molar refractivity (Wildman–Crippen MR) is 108 cm³/mol. The molecule has 3 aromatic rings. The van der Waals surface area contributed by atoms with Gasteiger partial charge in [0.15, 0.2) is 0 Å².